The molecule has 1 aromatic rings. The SMILES string of the molecule is CCNc1cccc(CN(C)CCC(F)(F)F)n1. The summed E-state index contributed by atoms with van der Waals surface area (Å²) in [5.74, 6) is 0.749. The zero-order valence-corrected chi connectivity index (χ0v) is 10.6. The summed E-state index contributed by atoms with van der Waals surface area (Å²) in [6, 6.07) is 5.49. The van der Waals surface area contributed by atoms with E-state index in [0.717, 1.165) is 18.1 Å². The second-order valence-corrected chi connectivity index (χ2v) is 4.15. The van der Waals surface area contributed by atoms with Crippen molar-refractivity contribution in [2.75, 3.05) is 25.5 Å². The Hall–Kier alpha value is -1.30. The number of aromatic nitrogens is 1. The number of nitrogens with zero attached hydrogens (tertiary/aromatic N) is 2. The third-order valence-electron chi connectivity index (χ3n) is 2.37. The number of halogens is 3. The minimum absolute atomic E-state index is 0.0172. The van der Waals surface area contributed by atoms with Gasteiger partial charge < -0.3 is 10.2 Å². The van der Waals surface area contributed by atoms with Crippen LogP contribution in [-0.2, 0) is 6.54 Å². The molecule has 0 radical (unpaired) electrons. The summed E-state index contributed by atoms with van der Waals surface area (Å²) < 4.78 is 36.2. The van der Waals surface area contributed by atoms with E-state index >= 15 is 0 Å². The molecule has 0 aliphatic rings. The summed E-state index contributed by atoms with van der Waals surface area (Å²) in [6.45, 7) is 3.12. The number of hydrogen-bond acceptors (Lipinski definition) is 3. The Balaban J connectivity index is 2.48. The number of alkyl halides is 3. The molecule has 0 saturated heterocycles. The molecule has 0 spiro atoms. The topological polar surface area (TPSA) is 28.2 Å². The number of nitrogens with one attached hydrogen (secondary N) is 1. The van der Waals surface area contributed by atoms with Crippen molar-refractivity contribution in [1.82, 2.24) is 9.88 Å². The standard InChI is InChI=1S/C12H18F3N3/c1-3-16-11-6-4-5-10(17-11)9-18(2)8-7-12(13,14)15/h4-6H,3,7-9H2,1-2H3,(H,16,17). The highest BCUT2D eigenvalue weighted by Gasteiger charge is 2.27. The van der Waals surface area contributed by atoms with E-state index in [9.17, 15) is 13.2 Å². The normalized spacial score (nSPS) is 11.9. The maximum atomic E-state index is 12.1. The largest absolute Gasteiger partial charge is 0.390 e. The van der Waals surface area contributed by atoms with Gasteiger partial charge in [0, 0.05) is 19.6 Å². The van der Waals surface area contributed by atoms with Gasteiger partial charge in [0.05, 0.1) is 12.1 Å². The second-order valence-electron chi connectivity index (χ2n) is 4.15. The molecule has 0 aliphatic carbocycles. The van der Waals surface area contributed by atoms with Crippen molar-refractivity contribution in [3.63, 3.8) is 0 Å². The zero-order valence-electron chi connectivity index (χ0n) is 10.6. The Kier molecular flexibility index (Phi) is 5.40. The van der Waals surface area contributed by atoms with Crippen molar-refractivity contribution in [3.8, 4) is 0 Å². The first-order valence-electron chi connectivity index (χ1n) is 5.86. The lowest BCUT2D eigenvalue weighted by Gasteiger charge is -2.17. The molecule has 0 atom stereocenters. The average molecular weight is 261 g/mol. The molecule has 0 amide bonds. The minimum atomic E-state index is -4.10. The molecule has 3 nitrogen and oxygen atoms in total. The Bertz CT molecular complexity index is 366. The van der Waals surface area contributed by atoms with E-state index in [-0.39, 0.29) is 6.54 Å². The number of hydrogen-bond donors (Lipinski definition) is 1. The highest BCUT2D eigenvalue weighted by Crippen LogP contribution is 2.19. The van der Waals surface area contributed by atoms with Crippen LogP contribution in [0.2, 0.25) is 0 Å². The summed E-state index contributed by atoms with van der Waals surface area (Å²) in [5.41, 5.74) is 0.762. The maximum absolute atomic E-state index is 12.1. The molecule has 0 saturated carbocycles. The van der Waals surface area contributed by atoms with Crippen LogP contribution in [0, 0.1) is 0 Å². The van der Waals surface area contributed by atoms with Gasteiger partial charge in [0.25, 0.3) is 0 Å². The van der Waals surface area contributed by atoms with Gasteiger partial charge in [0.15, 0.2) is 0 Å². The summed E-state index contributed by atoms with van der Waals surface area (Å²) in [6.07, 6.45) is -4.90. The van der Waals surface area contributed by atoms with Crippen LogP contribution < -0.4 is 5.32 Å². The molecule has 0 bridgehead atoms. The van der Waals surface area contributed by atoms with Gasteiger partial charge in [-0.3, -0.25) is 0 Å². The fourth-order valence-electron chi connectivity index (χ4n) is 1.52. The lowest BCUT2D eigenvalue weighted by atomic mass is 10.3. The van der Waals surface area contributed by atoms with Crippen LogP contribution >= 0.6 is 0 Å². The van der Waals surface area contributed by atoms with Gasteiger partial charge in [-0.2, -0.15) is 13.2 Å². The van der Waals surface area contributed by atoms with Gasteiger partial charge in [-0.15, -0.1) is 0 Å². The molecule has 102 valence electrons. The Labute approximate surface area is 105 Å². The number of anilines is 1. The lowest BCUT2D eigenvalue weighted by molar-refractivity contribution is -0.137. The van der Waals surface area contributed by atoms with Gasteiger partial charge in [-0.05, 0) is 26.1 Å². The van der Waals surface area contributed by atoms with Crippen molar-refractivity contribution in [2.45, 2.75) is 26.1 Å². The van der Waals surface area contributed by atoms with Crippen molar-refractivity contribution < 1.29 is 13.2 Å². The van der Waals surface area contributed by atoms with Gasteiger partial charge in [0.1, 0.15) is 5.82 Å². The predicted octanol–water partition coefficient (Wildman–Crippen LogP) is 2.90. The molecule has 0 aliphatic heterocycles. The summed E-state index contributed by atoms with van der Waals surface area (Å²) in [5, 5.41) is 3.07. The quantitative estimate of drug-likeness (QED) is 0.853. The first-order chi connectivity index (χ1) is 8.40. The molecule has 0 unspecified atom stereocenters. The maximum Gasteiger partial charge on any atom is 0.390 e. The molecule has 0 aromatic carbocycles. The molecule has 0 fully saturated rings. The van der Waals surface area contributed by atoms with Crippen LogP contribution in [0.15, 0.2) is 18.2 Å². The van der Waals surface area contributed by atoms with Crippen molar-refractivity contribution in [3.05, 3.63) is 23.9 Å². The summed E-state index contributed by atoms with van der Waals surface area (Å²) in [7, 11) is 1.66. The van der Waals surface area contributed by atoms with Crippen LogP contribution in [-0.4, -0.2) is 36.2 Å². The molecule has 1 heterocycles. The van der Waals surface area contributed by atoms with Crippen molar-refractivity contribution in [2.24, 2.45) is 0 Å². The van der Waals surface area contributed by atoms with Gasteiger partial charge in [-0.25, -0.2) is 4.98 Å². The van der Waals surface area contributed by atoms with Crippen LogP contribution in [0.3, 0.4) is 0 Å². The van der Waals surface area contributed by atoms with Crippen LogP contribution in [0.1, 0.15) is 19.0 Å². The van der Waals surface area contributed by atoms with Crippen molar-refractivity contribution >= 4 is 5.82 Å². The Morgan fingerprint density at radius 2 is 2.06 bits per heavy atom. The van der Waals surface area contributed by atoms with Crippen molar-refractivity contribution in [1.29, 1.82) is 0 Å². The number of rotatable bonds is 6. The van der Waals surface area contributed by atoms with Crippen LogP contribution in [0.5, 0.6) is 0 Å². The molecule has 18 heavy (non-hydrogen) atoms. The minimum Gasteiger partial charge on any atom is -0.370 e. The molecule has 6 heteroatoms. The molecule has 1 N–H and O–H groups in total. The van der Waals surface area contributed by atoms with E-state index in [1.165, 1.54) is 0 Å². The molecular weight excluding hydrogens is 243 g/mol. The highest BCUT2D eigenvalue weighted by molar-refractivity contribution is 5.34. The third-order valence-corrected chi connectivity index (χ3v) is 2.37. The third kappa shape index (κ3) is 5.86. The predicted molar refractivity (Wildman–Crippen MR) is 65.4 cm³/mol. The highest BCUT2D eigenvalue weighted by atomic mass is 19.4. The molecular formula is C12H18F3N3. The fraction of sp³-hybridized carbons (Fsp3) is 0.583. The van der Waals surface area contributed by atoms with Gasteiger partial charge >= 0.3 is 6.18 Å². The summed E-state index contributed by atoms with van der Waals surface area (Å²) in [4.78, 5) is 5.93. The first-order valence-corrected chi connectivity index (χ1v) is 5.86. The Morgan fingerprint density at radius 3 is 2.67 bits per heavy atom. The van der Waals surface area contributed by atoms with E-state index < -0.39 is 12.6 Å². The van der Waals surface area contributed by atoms with E-state index in [0.29, 0.717) is 6.54 Å². The number of pyridine rings is 1. The van der Waals surface area contributed by atoms with E-state index in [1.54, 1.807) is 11.9 Å². The summed E-state index contributed by atoms with van der Waals surface area (Å²) >= 11 is 0. The lowest BCUT2D eigenvalue weighted by Crippen LogP contribution is -2.24. The van der Waals surface area contributed by atoms with E-state index in [4.69, 9.17) is 0 Å². The van der Waals surface area contributed by atoms with E-state index in [1.807, 2.05) is 25.1 Å². The smallest absolute Gasteiger partial charge is 0.370 e. The monoisotopic (exact) mass is 261 g/mol. The van der Waals surface area contributed by atoms with Gasteiger partial charge in [-0.1, -0.05) is 6.07 Å². The van der Waals surface area contributed by atoms with E-state index in [2.05, 4.69) is 10.3 Å². The van der Waals surface area contributed by atoms with Crippen LogP contribution in [0.25, 0.3) is 0 Å². The molecule has 1 aromatic heterocycles. The van der Waals surface area contributed by atoms with Gasteiger partial charge in [0.2, 0.25) is 0 Å². The molecule has 1 rings (SSSR count). The average Bonchev–Trinajstić information content (AvgIpc) is 2.26. The Morgan fingerprint density at radius 1 is 1.33 bits per heavy atom. The van der Waals surface area contributed by atoms with Crippen LogP contribution in [0.4, 0.5) is 19.0 Å². The second kappa shape index (κ2) is 6.58. The first kappa shape index (κ1) is 14.8. The zero-order chi connectivity index (χ0) is 13.6. The fourth-order valence-corrected chi connectivity index (χ4v) is 1.52.